The summed E-state index contributed by atoms with van der Waals surface area (Å²) in [6, 6.07) is 20.5. The zero-order valence-corrected chi connectivity index (χ0v) is 19.2. The Hall–Kier alpha value is -3.45. The van der Waals surface area contributed by atoms with Crippen LogP contribution in [-0.4, -0.2) is 53.6 Å². The highest BCUT2D eigenvalue weighted by Gasteiger charge is 2.21. The van der Waals surface area contributed by atoms with E-state index in [2.05, 4.69) is 68.4 Å². The molecule has 7 nitrogen and oxygen atoms in total. The summed E-state index contributed by atoms with van der Waals surface area (Å²) in [5.41, 5.74) is 3.55. The minimum Gasteiger partial charge on any atom is -0.372 e. The number of piperazine rings is 1. The van der Waals surface area contributed by atoms with Gasteiger partial charge in [-0.05, 0) is 29.7 Å². The highest BCUT2D eigenvalue weighted by molar-refractivity contribution is 5.80. The normalized spacial score (nSPS) is 14.4. The van der Waals surface area contributed by atoms with Gasteiger partial charge in [-0.3, -0.25) is 0 Å². The van der Waals surface area contributed by atoms with Crippen LogP contribution in [0, 0.1) is 0 Å². The van der Waals surface area contributed by atoms with Gasteiger partial charge in [0.1, 0.15) is 0 Å². The lowest BCUT2D eigenvalue weighted by Crippen LogP contribution is -2.53. The SMILES string of the molecule is CCNC(=NCc1ccccc1COCc1ccccc1)N1CCN(c2ncccn2)CC1. The molecule has 33 heavy (non-hydrogen) atoms. The molecule has 3 aromatic rings. The van der Waals surface area contributed by atoms with Crippen LogP contribution in [0.2, 0.25) is 0 Å². The van der Waals surface area contributed by atoms with Gasteiger partial charge in [-0.25, -0.2) is 15.0 Å². The van der Waals surface area contributed by atoms with Crippen LogP contribution < -0.4 is 10.2 Å². The number of guanidine groups is 1. The number of hydrogen-bond donors (Lipinski definition) is 1. The second-order valence-corrected chi connectivity index (χ2v) is 7.94. The molecule has 172 valence electrons. The molecule has 0 unspecified atom stereocenters. The highest BCUT2D eigenvalue weighted by Crippen LogP contribution is 2.14. The van der Waals surface area contributed by atoms with Crippen molar-refractivity contribution in [3.8, 4) is 0 Å². The zero-order valence-electron chi connectivity index (χ0n) is 19.2. The van der Waals surface area contributed by atoms with Crippen LogP contribution in [0.5, 0.6) is 0 Å². The van der Waals surface area contributed by atoms with Crippen LogP contribution in [-0.2, 0) is 24.5 Å². The van der Waals surface area contributed by atoms with E-state index in [1.807, 2.05) is 24.3 Å². The molecule has 1 aliphatic heterocycles. The first-order valence-electron chi connectivity index (χ1n) is 11.6. The maximum atomic E-state index is 5.98. The first kappa shape index (κ1) is 22.7. The maximum absolute atomic E-state index is 5.98. The average Bonchev–Trinajstić information content (AvgIpc) is 2.88. The van der Waals surface area contributed by atoms with Gasteiger partial charge in [0.05, 0.1) is 19.8 Å². The molecule has 0 atom stereocenters. The number of anilines is 1. The van der Waals surface area contributed by atoms with Crippen LogP contribution in [0.1, 0.15) is 23.6 Å². The second-order valence-electron chi connectivity index (χ2n) is 7.94. The molecule has 1 aromatic heterocycles. The third kappa shape index (κ3) is 6.52. The fourth-order valence-corrected chi connectivity index (χ4v) is 3.86. The third-order valence-corrected chi connectivity index (χ3v) is 5.64. The Labute approximate surface area is 196 Å². The van der Waals surface area contributed by atoms with Gasteiger partial charge in [-0.2, -0.15) is 0 Å². The molecule has 0 spiro atoms. The fourth-order valence-electron chi connectivity index (χ4n) is 3.86. The van der Waals surface area contributed by atoms with Gasteiger partial charge in [0.25, 0.3) is 0 Å². The molecule has 2 heterocycles. The Balaban J connectivity index is 1.36. The molecule has 0 saturated carbocycles. The summed E-state index contributed by atoms with van der Waals surface area (Å²) in [6.07, 6.45) is 3.59. The Kier molecular flexibility index (Phi) is 8.25. The minimum absolute atomic E-state index is 0.576. The Morgan fingerprint density at radius 2 is 1.58 bits per heavy atom. The van der Waals surface area contributed by atoms with Crippen LogP contribution in [0.4, 0.5) is 5.95 Å². The fraction of sp³-hybridized carbons (Fsp3) is 0.346. The van der Waals surface area contributed by atoms with Crippen LogP contribution in [0.15, 0.2) is 78.0 Å². The third-order valence-electron chi connectivity index (χ3n) is 5.64. The minimum atomic E-state index is 0.576. The van der Waals surface area contributed by atoms with E-state index in [1.165, 1.54) is 16.7 Å². The smallest absolute Gasteiger partial charge is 0.225 e. The molecule has 1 saturated heterocycles. The molecule has 2 aromatic carbocycles. The molecule has 0 bridgehead atoms. The standard InChI is InChI=1S/C26H32N6O/c1-2-27-25(31-15-17-32(18-16-31)26-28-13-8-14-29-26)30-19-23-11-6-7-12-24(23)21-33-20-22-9-4-3-5-10-22/h3-14H,2,15-21H2,1H3,(H,27,30). The number of nitrogens with zero attached hydrogens (tertiary/aromatic N) is 5. The summed E-state index contributed by atoms with van der Waals surface area (Å²) in [4.78, 5) is 18.3. The maximum Gasteiger partial charge on any atom is 0.225 e. The second kappa shape index (κ2) is 12.0. The van der Waals surface area contributed by atoms with Crippen molar-refractivity contribution in [2.24, 2.45) is 4.99 Å². The van der Waals surface area contributed by atoms with Gasteiger partial charge in [-0.15, -0.1) is 0 Å². The Morgan fingerprint density at radius 3 is 2.30 bits per heavy atom. The van der Waals surface area contributed by atoms with Gasteiger partial charge in [0.2, 0.25) is 5.95 Å². The summed E-state index contributed by atoms with van der Waals surface area (Å²) >= 11 is 0. The summed E-state index contributed by atoms with van der Waals surface area (Å²) in [6.45, 7) is 8.25. The topological polar surface area (TPSA) is 65.9 Å². The zero-order chi connectivity index (χ0) is 22.7. The number of ether oxygens (including phenoxy) is 1. The van der Waals surface area contributed by atoms with E-state index in [9.17, 15) is 0 Å². The van der Waals surface area contributed by atoms with E-state index in [0.29, 0.717) is 19.8 Å². The largest absolute Gasteiger partial charge is 0.372 e. The Morgan fingerprint density at radius 1 is 0.879 bits per heavy atom. The summed E-state index contributed by atoms with van der Waals surface area (Å²) in [5.74, 6) is 1.75. The molecule has 7 heteroatoms. The molecule has 1 aliphatic rings. The molecule has 1 fully saturated rings. The number of aliphatic imine (C=N–C) groups is 1. The van der Waals surface area contributed by atoms with Crippen molar-refractivity contribution < 1.29 is 4.74 Å². The van der Waals surface area contributed by atoms with Crippen molar-refractivity contribution in [3.05, 3.63) is 89.7 Å². The number of benzene rings is 2. The van der Waals surface area contributed by atoms with Gasteiger partial charge in [0, 0.05) is 45.1 Å². The lowest BCUT2D eigenvalue weighted by atomic mass is 10.1. The first-order chi connectivity index (χ1) is 16.3. The van der Waals surface area contributed by atoms with Crippen molar-refractivity contribution in [3.63, 3.8) is 0 Å². The molecule has 0 radical (unpaired) electrons. The molecule has 4 rings (SSSR count). The van der Waals surface area contributed by atoms with E-state index >= 15 is 0 Å². The molecule has 1 N–H and O–H groups in total. The van der Waals surface area contributed by atoms with Crippen molar-refractivity contribution >= 4 is 11.9 Å². The van der Waals surface area contributed by atoms with E-state index in [1.54, 1.807) is 12.4 Å². The van der Waals surface area contributed by atoms with E-state index in [-0.39, 0.29) is 0 Å². The van der Waals surface area contributed by atoms with Gasteiger partial charge in [0.15, 0.2) is 5.96 Å². The van der Waals surface area contributed by atoms with Crippen LogP contribution >= 0.6 is 0 Å². The predicted octanol–water partition coefficient (Wildman–Crippen LogP) is 3.48. The van der Waals surface area contributed by atoms with E-state index in [0.717, 1.165) is 44.6 Å². The molecule has 0 aliphatic carbocycles. The number of nitrogens with one attached hydrogen (secondary N) is 1. The first-order valence-corrected chi connectivity index (χ1v) is 11.6. The van der Waals surface area contributed by atoms with Gasteiger partial charge >= 0.3 is 0 Å². The van der Waals surface area contributed by atoms with Crippen molar-refractivity contribution in [2.45, 2.75) is 26.7 Å². The van der Waals surface area contributed by atoms with Crippen LogP contribution in [0.25, 0.3) is 0 Å². The molecular weight excluding hydrogens is 412 g/mol. The lowest BCUT2D eigenvalue weighted by molar-refractivity contribution is 0.106. The van der Waals surface area contributed by atoms with Crippen molar-refractivity contribution in [1.29, 1.82) is 0 Å². The molecular formula is C26H32N6O. The monoisotopic (exact) mass is 444 g/mol. The predicted molar refractivity (Wildman–Crippen MR) is 132 cm³/mol. The number of hydrogen-bond acceptors (Lipinski definition) is 5. The lowest BCUT2D eigenvalue weighted by Gasteiger charge is -2.36. The van der Waals surface area contributed by atoms with E-state index < -0.39 is 0 Å². The molecule has 0 amide bonds. The highest BCUT2D eigenvalue weighted by atomic mass is 16.5. The van der Waals surface area contributed by atoms with Gasteiger partial charge < -0.3 is 19.9 Å². The van der Waals surface area contributed by atoms with Crippen molar-refractivity contribution in [2.75, 3.05) is 37.6 Å². The number of aromatic nitrogens is 2. The number of rotatable bonds is 8. The summed E-state index contributed by atoms with van der Waals surface area (Å²) < 4.78 is 5.98. The average molecular weight is 445 g/mol. The van der Waals surface area contributed by atoms with E-state index in [4.69, 9.17) is 9.73 Å². The Bertz CT molecular complexity index is 1000. The van der Waals surface area contributed by atoms with Crippen molar-refractivity contribution in [1.82, 2.24) is 20.2 Å². The van der Waals surface area contributed by atoms with Gasteiger partial charge in [-0.1, -0.05) is 54.6 Å². The quantitative estimate of drug-likeness (QED) is 0.424. The van der Waals surface area contributed by atoms with Crippen LogP contribution in [0.3, 0.4) is 0 Å². The summed E-state index contributed by atoms with van der Waals surface area (Å²) in [7, 11) is 0. The summed E-state index contributed by atoms with van der Waals surface area (Å²) in [5, 5.41) is 3.46.